The summed E-state index contributed by atoms with van der Waals surface area (Å²) >= 11 is 6.06. The van der Waals surface area contributed by atoms with Gasteiger partial charge in [0.15, 0.2) is 0 Å². The number of benzene rings is 1. The summed E-state index contributed by atoms with van der Waals surface area (Å²) < 4.78 is 5.49. The number of carbonyl (C=O) groups is 1. The first-order valence-corrected chi connectivity index (χ1v) is 8.84. The van der Waals surface area contributed by atoms with Crippen LogP contribution in [-0.4, -0.2) is 52.7 Å². The lowest BCUT2D eigenvalue weighted by molar-refractivity contribution is 0.0263. The summed E-state index contributed by atoms with van der Waals surface area (Å²) in [6.07, 6.45) is 2.16. The molecule has 1 saturated heterocycles. The SMILES string of the molecule is CC(C)(C)OC(=O)N1CCCN(c2ncnc3cc(Cl)ccc23)CC1. The van der Waals surface area contributed by atoms with Crippen LogP contribution >= 0.6 is 11.6 Å². The Balaban J connectivity index is 1.77. The first kappa shape index (κ1) is 17.7. The Hall–Kier alpha value is -2.08. The number of halogens is 1. The molecule has 134 valence electrons. The number of ether oxygens (including phenoxy) is 1. The van der Waals surface area contributed by atoms with Crippen LogP contribution in [-0.2, 0) is 4.74 Å². The summed E-state index contributed by atoms with van der Waals surface area (Å²) in [5.41, 5.74) is 0.344. The van der Waals surface area contributed by atoms with E-state index in [9.17, 15) is 4.79 Å². The van der Waals surface area contributed by atoms with Crippen molar-refractivity contribution in [2.75, 3.05) is 31.1 Å². The third kappa shape index (κ3) is 4.31. The van der Waals surface area contributed by atoms with E-state index in [2.05, 4.69) is 14.9 Å². The lowest BCUT2D eigenvalue weighted by Crippen LogP contribution is -2.39. The zero-order valence-electron chi connectivity index (χ0n) is 14.8. The number of nitrogens with zero attached hydrogens (tertiary/aromatic N) is 4. The van der Waals surface area contributed by atoms with E-state index < -0.39 is 5.60 Å². The van der Waals surface area contributed by atoms with Gasteiger partial charge in [-0.05, 0) is 45.4 Å². The van der Waals surface area contributed by atoms with Crippen molar-refractivity contribution < 1.29 is 9.53 Å². The van der Waals surface area contributed by atoms with E-state index in [4.69, 9.17) is 16.3 Å². The predicted molar refractivity (Wildman–Crippen MR) is 99.2 cm³/mol. The molecule has 1 aliphatic heterocycles. The van der Waals surface area contributed by atoms with Crippen molar-refractivity contribution in [1.82, 2.24) is 14.9 Å². The molecule has 0 unspecified atom stereocenters. The van der Waals surface area contributed by atoms with Crippen LogP contribution < -0.4 is 4.90 Å². The highest BCUT2D eigenvalue weighted by molar-refractivity contribution is 6.31. The van der Waals surface area contributed by atoms with Gasteiger partial charge in [0, 0.05) is 36.6 Å². The minimum atomic E-state index is -0.481. The van der Waals surface area contributed by atoms with Crippen molar-refractivity contribution >= 4 is 34.4 Å². The molecule has 0 radical (unpaired) electrons. The smallest absolute Gasteiger partial charge is 0.410 e. The number of hydrogen-bond donors (Lipinski definition) is 0. The molecule has 6 nitrogen and oxygen atoms in total. The Morgan fingerprint density at radius 3 is 2.72 bits per heavy atom. The Bertz CT molecular complexity index is 775. The summed E-state index contributed by atoms with van der Waals surface area (Å²) in [5, 5.41) is 1.63. The second-order valence-electron chi connectivity index (χ2n) is 7.17. The molecule has 1 aromatic carbocycles. The fourth-order valence-corrected chi connectivity index (χ4v) is 3.07. The van der Waals surface area contributed by atoms with E-state index in [1.165, 1.54) is 0 Å². The predicted octanol–water partition coefficient (Wildman–Crippen LogP) is 3.73. The Labute approximate surface area is 152 Å². The minimum absolute atomic E-state index is 0.256. The van der Waals surface area contributed by atoms with Gasteiger partial charge in [-0.2, -0.15) is 0 Å². The minimum Gasteiger partial charge on any atom is -0.444 e. The lowest BCUT2D eigenvalue weighted by atomic mass is 10.2. The van der Waals surface area contributed by atoms with Gasteiger partial charge in [-0.3, -0.25) is 0 Å². The zero-order chi connectivity index (χ0) is 18.0. The van der Waals surface area contributed by atoms with Gasteiger partial charge < -0.3 is 14.5 Å². The first-order chi connectivity index (χ1) is 11.8. The van der Waals surface area contributed by atoms with Crippen LogP contribution in [0.15, 0.2) is 24.5 Å². The van der Waals surface area contributed by atoms with Crippen LogP contribution in [0.2, 0.25) is 5.02 Å². The van der Waals surface area contributed by atoms with Gasteiger partial charge in [0.1, 0.15) is 17.7 Å². The monoisotopic (exact) mass is 362 g/mol. The highest BCUT2D eigenvalue weighted by atomic mass is 35.5. The average Bonchev–Trinajstić information content (AvgIpc) is 2.78. The van der Waals surface area contributed by atoms with Gasteiger partial charge in [-0.15, -0.1) is 0 Å². The number of amides is 1. The van der Waals surface area contributed by atoms with Gasteiger partial charge in [-0.1, -0.05) is 11.6 Å². The molecule has 3 rings (SSSR count). The zero-order valence-corrected chi connectivity index (χ0v) is 15.6. The van der Waals surface area contributed by atoms with E-state index in [-0.39, 0.29) is 6.09 Å². The van der Waals surface area contributed by atoms with E-state index in [1.807, 2.05) is 39.0 Å². The molecule has 1 aliphatic rings. The first-order valence-electron chi connectivity index (χ1n) is 8.47. The van der Waals surface area contributed by atoms with Crippen LogP contribution in [0.5, 0.6) is 0 Å². The van der Waals surface area contributed by atoms with E-state index in [1.54, 1.807) is 11.2 Å². The summed E-state index contributed by atoms with van der Waals surface area (Å²) in [6.45, 7) is 8.46. The van der Waals surface area contributed by atoms with E-state index in [0.29, 0.717) is 24.7 Å². The fraction of sp³-hybridized carbons (Fsp3) is 0.500. The molecule has 0 N–H and O–H groups in total. The lowest BCUT2D eigenvalue weighted by Gasteiger charge is -2.26. The molecule has 0 saturated carbocycles. The van der Waals surface area contributed by atoms with Crippen molar-refractivity contribution in [3.63, 3.8) is 0 Å². The van der Waals surface area contributed by atoms with Gasteiger partial charge in [0.2, 0.25) is 0 Å². The summed E-state index contributed by atoms with van der Waals surface area (Å²) in [4.78, 5) is 25.0. The molecule has 2 heterocycles. The second-order valence-corrected chi connectivity index (χ2v) is 7.60. The normalized spacial score (nSPS) is 16.0. The van der Waals surface area contributed by atoms with Crippen LogP contribution in [0.1, 0.15) is 27.2 Å². The molecule has 1 aromatic heterocycles. The highest BCUT2D eigenvalue weighted by Gasteiger charge is 2.25. The van der Waals surface area contributed by atoms with Crippen molar-refractivity contribution in [1.29, 1.82) is 0 Å². The summed E-state index contributed by atoms with van der Waals surface area (Å²) in [7, 11) is 0. The van der Waals surface area contributed by atoms with E-state index in [0.717, 1.165) is 29.7 Å². The Morgan fingerprint density at radius 1 is 1.16 bits per heavy atom. The molecule has 7 heteroatoms. The Morgan fingerprint density at radius 2 is 1.96 bits per heavy atom. The maximum absolute atomic E-state index is 12.3. The highest BCUT2D eigenvalue weighted by Crippen LogP contribution is 2.26. The van der Waals surface area contributed by atoms with Crippen molar-refractivity contribution in [2.24, 2.45) is 0 Å². The summed E-state index contributed by atoms with van der Waals surface area (Å²) in [6, 6.07) is 5.64. The molecule has 0 aliphatic carbocycles. The van der Waals surface area contributed by atoms with Crippen molar-refractivity contribution in [3.8, 4) is 0 Å². The third-order valence-corrected chi connectivity index (χ3v) is 4.26. The van der Waals surface area contributed by atoms with Gasteiger partial charge in [0.25, 0.3) is 0 Å². The summed E-state index contributed by atoms with van der Waals surface area (Å²) in [5.74, 6) is 0.882. The molecule has 0 bridgehead atoms. The molecule has 1 fully saturated rings. The van der Waals surface area contributed by atoms with E-state index >= 15 is 0 Å². The molecular formula is C18H23ClN4O2. The maximum Gasteiger partial charge on any atom is 0.410 e. The van der Waals surface area contributed by atoms with Crippen LogP contribution in [0.25, 0.3) is 10.9 Å². The number of rotatable bonds is 1. The molecule has 25 heavy (non-hydrogen) atoms. The quantitative estimate of drug-likeness (QED) is 0.773. The van der Waals surface area contributed by atoms with Crippen LogP contribution in [0, 0.1) is 0 Å². The standard InChI is InChI=1S/C18H23ClN4O2/c1-18(2,3)25-17(24)23-8-4-7-22(9-10-23)16-14-6-5-13(19)11-15(14)20-12-21-16/h5-6,11-12H,4,7-10H2,1-3H3. The van der Waals surface area contributed by atoms with Crippen LogP contribution in [0.3, 0.4) is 0 Å². The number of aromatic nitrogens is 2. The third-order valence-electron chi connectivity index (χ3n) is 4.02. The van der Waals surface area contributed by atoms with Crippen molar-refractivity contribution in [2.45, 2.75) is 32.8 Å². The molecular weight excluding hydrogens is 340 g/mol. The molecule has 1 amide bonds. The topological polar surface area (TPSA) is 58.6 Å². The average molecular weight is 363 g/mol. The van der Waals surface area contributed by atoms with Gasteiger partial charge in [0.05, 0.1) is 5.52 Å². The number of hydrogen-bond acceptors (Lipinski definition) is 5. The van der Waals surface area contributed by atoms with Crippen molar-refractivity contribution in [3.05, 3.63) is 29.5 Å². The van der Waals surface area contributed by atoms with Gasteiger partial charge in [-0.25, -0.2) is 14.8 Å². The fourth-order valence-electron chi connectivity index (χ4n) is 2.91. The van der Waals surface area contributed by atoms with Gasteiger partial charge >= 0.3 is 6.09 Å². The molecule has 0 spiro atoms. The molecule has 0 atom stereocenters. The van der Waals surface area contributed by atoms with Crippen LogP contribution in [0.4, 0.5) is 10.6 Å². The largest absolute Gasteiger partial charge is 0.444 e. The number of carbonyl (C=O) groups excluding carboxylic acids is 1. The Kier molecular flexibility index (Phi) is 4.99. The maximum atomic E-state index is 12.3. The molecule has 2 aromatic rings. The second kappa shape index (κ2) is 7.04. The number of anilines is 1. The number of fused-ring (bicyclic) bond motifs is 1.